The van der Waals surface area contributed by atoms with Gasteiger partial charge in [0.25, 0.3) is 5.91 Å². The van der Waals surface area contributed by atoms with E-state index in [-0.39, 0.29) is 17.0 Å². The summed E-state index contributed by atoms with van der Waals surface area (Å²) in [5.74, 6) is -0.800. The first-order chi connectivity index (χ1) is 8.34. The van der Waals surface area contributed by atoms with Gasteiger partial charge in [-0.2, -0.15) is 0 Å². The molecule has 0 saturated carbocycles. The van der Waals surface area contributed by atoms with Gasteiger partial charge in [-0.25, -0.2) is 0 Å². The van der Waals surface area contributed by atoms with Gasteiger partial charge in [0.1, 0.15) is 5.00 Å². The number of Topliss-reactive ketones (excluding diaryl/α,β-unsaturated/α-hetero) is 1. The number of allylic oxidation sites excluding steroid dienone is 1. The molecule has 18 heavy (non-hydrogen) atoms. The minimum absolute atomic E-state index is 0.166. The van der Waals surface area contributed by atoms with Crippen LogP contribution in [-0.2, 0) is 0 Å². The monoisotopic (exact) mass is 267 g/mol. The van der Waals surface area contributed by atoms with Crippen molar-refractivity contribution in [2.45, 2.75) is 20.8 Å². The Morgan fingerprint density at radius 1 is 1.33 bits per heavy atom. The average molecular weight is 267 g/mol. The summed E-state index contributed by atoms with van der Waals surface area (Å²) in [4.78, 5) is 23.1. The lowest BCUT2D eigenvalue weighted by Gasteiger charge is -2.03. The molecule has 5 N–H and O–H groups in total. The number of primary amides is 1. The molecule has 5 nitrogen and oxygen atoms in total. The summed E-state index contributed by atoms with van der Waals surface area (Å²) in [6.45, 7) is 5.91. The summed E-state index contributed by atoms with van der Waals surface area (Å²) in [5.41, 5.74) is 12.6. The van der Waals surface area contributed by atoms with Crippen molar-refractivity contribution in [1.29, 1.82) is 0 Å². The van der Waals surface area contributed by atoms with Gasteiger partial charge in [0.15, 0.2) is 5.78 Å². The zero-order chi connectivity index (χ0) is 13.9. The van der Waals surface area contributed by atoms with Crippen molar-refractivity contribution in [3.05, 3.63) is 22.1 Å². The average Bonchev–Trinajstić information content (AvgIpc) is 2.55. The number of thiophene rings is 1. The fourth-order valence-electron chi connectivity index (χ4n) is 1.42. The van der Waals surface area contributed by atoms with Gasteiger partial charge in [0.05, 0.1) is 16.1 Å². The quantitative estimate of drug-likeness (QED) is 0.561. The van der Waals surface area contributed by atoms with Crippen LogP contribution in [0.4, 0.5) is 10.7 Å². The van der Waals surface area contributed by atoms with Crippen molar-refractivity contribution in [3.8, 4) is 0 Å². The highest BCUT2D eigenvalue weighted by Crippen LogP contribution is 2.35. The van der Waals surface area contributed by atoms with Crippen LogP contribution in [-0.4, -0.2) is 18.2 Å². The van der Waals surface area contributed by atoms with Crippen molar-refractivity contribution < 1.29 is 9.59 Å². The van der Waals surface area contributed by atoms with Crippen molar-refractivity contribution >= 4 is 33.7 Å². The minimum Gasteiger partial charge on any atom is -0.397 e. The van der Waals surface area contributed by atoms with Crippen LogP contribution < -0.4 is 16.8 Å². The molecule has 0 aliphatic heterocycles. The maximum atomic E-state index is 11.4. The molecule has 0 fully saturated rings. The highest BCUT2D eigenvalue weighted by atomic mass is 32.1. The van der Waals surface area contributed by atoms with Crippen molar-refractivity contribution in [1.82, 2.24) is 0 Å². The molecule has 0 bridgehead atoms. The summed E-state index contributed by atoms with van der Waals surface area (Å²) in [5, 5.41) is 3.60. The lowest BCUT2D eigenvalue weighted by atomic mass is 10.2. The van der Waals surface area contributed by atoms with Crippen LogP contribution in [0.25, 0.3) is 0 Å². The Kier molecular flexibility index (Phi) is 4.49. The molecule has 0 aromatic carbocycles. The Balaban J connectivity index is 3.10. The van der Waals surface area contributed by atoms with Crippen molar-refractivity contribution in [2.24, 2.45) is 5.73 Å². The molecule has 1 heterocycles. The maximum Gasteiger partial charge on any atom is 0.253 e. The first-order valence-corrected chi connectivity index (χ1v) is 6.26. The van der Waals surface area contributed by atoms with Crippen LogP contribution in [0.2, 0.25) is 0 Å². The fraction of sp³-hybridized carbons (Fsp3) is 0.333. The number of nitrogen functional groups attached to an aromatic ring is 1. The molecule has 0 unspecified atom stereocenters. The largest absolute Gasteiger partial charge is 0.397 e. The SMILES string of the molecule is CC(=O)c1sc(NCC=C(C)C)c(C(N)=O)c1N. The number of amides is 1. The molecule has 1 rings (SSSR count). The maximum absolute atomic E-state index is 11.4. The Morgan fingerprint density at radius 2 is 1.94 bits per heavy atom. The van der Waals surface area contributed by atoms with E-state index in [1.807, 2.05) is 19.9 Å². The minimum atomic E-state index is -0.629. The lowest BCUT2D eigenvalue weighted by Crippen LogP contribution is -2.15. The Bertz CT molecular complexity index is 514. The molecule has 0 saturated heterocycles. The van der Waals surface area contributed by atoms with E-state index in [2.05, 4.69) is 5.32 Å². The van der Waals surface area contributed by atoms with Crippen LogP contribution in [0.15, 0.2) is 11.6 Å². The van der Waals surface area contributed by atoms with Crippen LogP contribution in [0.5, 0.6) is 0 Å². The molecule has 0 radical (unpaired) electrons. The molecule has 1 aromatic heterocycles. The number of hydrogen-bond acceptors (Lipinski definition) is 5. The number of rotatable bonds is 5. The third kappa shape index (κ3) is 3.10. The van der Waals surface area contributed by atoms with Crippen LogP contribution in [0, 0.1) is 0 Å². The molecule has 1 aromatic rings. The van der Waals surface area contributed by atoms with E-state index < -0.39 is 5.91 Å². The van der Waals surface area contributed by atoms with Crippen LogP contribution >= 0.6 is 11.3 Å². The normalized spacial score (nSPS) is 9.94. The second kappa shape index (κ2) is 5.68. The predicted molar refractivity (Wildman–Crippen MR) is 75.2 cm³/mol. The summed E-state index contributed by atoms with van der Waals surface area (Å²) >= 11 is 1.16. The first-order valence-electron chi connectivity index (χ1n) is 5.44. The zero-order valence-corrected chi connectivity index (χ0v) is 11.5. The van der Waals surface area contributed by atoms with E-state index in [1.54, 1.807) is 0 Å². The molecule has 6 heteroatoms. The van der Waals surface area contributed by atoms with Crippen LogP contribution in [0.3, 0.4) is 0 Å². The topological polar surface area (TPSA) is 98.2 Å². The van der Waals surface area contributed by atoms with E-state index in [4.69, 9.17) is 11.5 Å². The Morgan fingerprint density at radius 3 is 2.39 bits per heavy atom. The third-order valence-electron chi connectivity index (χ3n) is 2.28. The van der Waals surface area contributed by atoms with Gasteiger partial charge >= 0.3 is 0 Å². The third-order valence-corrected chi connectivity index (χ3v) is 3.55. The smallest absolute Gasteiger partial charge is 0.253 e. The van der Waals surface area contributed by atoms with Gasteiger partial charge in [-0.3, -0.25) is 9.59 Å². The summed E-state index contributed by atoms with van der Waals surface area (Å²) in [6, 6.07) is 0. The van der Waals surface area contributed by atoms with Gasteiger partial charge in [0.2, 0.25) is 0 Å². The molecular weight excluding hydrogens is 250 g/mol. The molecule has 1 amide bonds. The Hall–Kier alpha value is -1.82. The number of nitrogens with one attached hydrogen (secondary N) is 1. The molecule has 0 aliphatic carbocycles. The number of ketones is 1. The molecular formula is C12H17N3O2S. The number of nitrogens with two attached hydrogens (primary N) is 2. The molecule has 98 valence electrons. The molecule has 0 spiro atoms. The second-order valence-corrected chi connectivity index (χ2v) is 5.15. The standard InChI is InChI=1S/C12H17N3O2S/c1-6(2)4-5-15-12-8(11(14)17)9(13)10(18-12)7(3)16/h4,15H,5,13H2,1-3H3,(H2,14,17). The highest BCUT2D eigenvalue weighted by molar-refractivity contribution is 7.19. The van der Waals surface area contributed by atoms with Gasteiger partial charge in [-0.05, 0) is 13.8 Å². The highest BCUT2D eigenvalue weighted by Gasteiger charge is 2.21. The summed E-state index contributed by atoms with van der Waals surface area (Å²) < 4.78 is 0. The summed E-state index contributed by atoms with van der Waals surface area (Å²) in [7, 11) is 0. The van der Waals surface area contributed by atoms with Gasteiger partial charge in [0, 0.05) is 13.5 Å². The summed E-state index contributed by atoms with van der Waals surface area (Å²) in [6.07, 6.45) is 1.97. The molecule has 0 atom stereocenters. The van der Waals surface area contributed by atoms with E-state index in [0.717, 1.165) is 16.9 Å². The van der Waals surface area contributed by atoms with E-state index in [0.29, 0.717) is 16.4 Å². The van der Waals surface area contributed by atoms with E-state index in [1.165, 1.54) is 6.92 Å². The second-order valence-electron chi connectivity index (χ2n) is 4.13. The number of hydrogen-bond donors (Lipinski definition) is 3. The van der Waals surface area contributed by atoms with Crippen molar-refractivity contribution in [3.63, 3.8) is 0 Å². The zero-order valence-electron chi connectivity index (χ0n) is 10.7. The fourth-order valence-corrected chi connectivity index (χ4v) is 2.45. The lowest BCUT2D eigenvalue weighted by molar-refractivity contribution is 0.100. The molecule has 0 aliphatic rings. The van der Waals surface area contributed by atoms with Gasteiger partial charge in [-0.15, -0.1) is 11.3 Å². The number of carbonyl (C=O) groups excluding carboxylic acids is 2. The van der Waals surface area contributed by atoms with Gasteiger partial charge < -0.3 is 16.8 Å². The Labute approximate surface area is 110 Å². The number of anilines is 2. The van der Waals surface area contributed by atoms with E-state index in [9.17, 15) is 9.59 Å². The van der Waals surface area contributed by atoms with Crippen LogP contribution in [0.1, 0.15) is 40.8 Å². The number of carbonyl (C=O) groups is 2. The first kappa shape index (κ1) is 14.2. The predicted octanol–water partition coefficient (Wildman–Crippen LogP) is 2.01. The van der Waals surface area contributed by atoms with Gasteiger partial charge in [-0.1, -0.05) is 11.6 Å². The van der Waals surface area contributed by atoms with Crippen molar-refractivity contribution in [2.75, 3.05) is 17.6 Å². The van der Waals surface area contributed by atoms with E-state index >= 15 is 0 Å².